The van der Waals surface area contributed by atoms with Crippen LogP contribution in [0.5, 0.6) is 0 Å². The molecule has 0 aliphatic heterocycles. The third-order valence-corrected chi connectivity index (χ3v) is 4.60. The number of carbonyl (C=O) groups excluding carboxylic acids is 2. The molecule has 1 aliphatic rings. The van der Waals surface area contributed by atoms with Crippen molar-refractivity contribution in [2.24, 2.45) is 17.0 Å². The Balaban J connectivity index is 2.31. The maximum atomic E-state index is 12.8. The van der Waals surface area contributed by atoms with E-state index in [1.54, 1.807) is 0 Å². The molecule has 2 rings (SSSR count). The van der Waals surface area contributed by atoms with Crippen LogP contribution in [0.15, 0.2) is 35.4 Å². The molecule has 4 atom stereocenters. The predicted octanol–water partition coefficient (Wildman–Crippen LogP) is 2.86. The van der Waals surface area contributed by atoms with Gasteiger partial charge in [0.2, 0.25) is 0 Å². The SMILES string of the molecule is COC(=O)C1CC(c2ccccc2)C[C@H]([C@H](CN=[N+]=[N-])OC)C1=O. The van der Waals surface area contributed by atoms with Gasteiger partial charge in [0.25, 0.3) is 0 Å². The van der Waals surface area contributed by atoms with Gasteiger partial charge in [0.05, 0.1) is 19.8 Å². The van der Waals surface area contributed by atoms with Crippen LogP contribution in [0.2, 0.25) is 0 Å². The lowest BCUT2D eigenvalue weighted by atomic mass is 9.70. The first kappa shape index (κ1) is 18.0. The quantitative estimate of drug-likeness (QED) is 0.263. The zero-order chi connectivity index (χ0) is 17.5. The molecule has 0 saturated heterocycles. The Bertz CT molecular complexity index is 628. The maximum Gasteiger partial charge on any atom is 0.316 e. The lowest BCUT2D eigenvalue weighted by Gasteiger charge is -2.35. The number of azide groups is 1. The van der Waals surface area contributed by atoms with Crippen molar-refractivity contribution in [2.75, 3.05) is 20.8 Å². The summed E-state index contributed by atoms with van der Waals surface area (Å²) in [6, 6.07) is 9.76. The first-order valence-electron chi connectivity index (χ1n) is 7.82. The molecule has 1 fully saturated rings. The molecule has 0 amide bonds. The van der Waals surface area contributed by atoms with Gasteiger partial charge in [0.1, 0.15) is 5.92 Å². The van der Waals surface area contributed by atoms with Crippen molar-refractivity contribution in [1.82, 2.24) is 0 Å². The van der Waals surface area contributed by atoms with Gasteiger partial charge in [-0.25, -0.2) is 0 Å². The number of esters is 1. The Morgan fingerprint density at radius 2 is 2.04 bits per heavy atom. The number of carbonyl (C=O) groups is 2. The normalized spacial score (nSPS) is 24.8. The topological polar surface area (TPSA) is 101 Å². The van der Waals surface area contributed by atoms with Gasteiger partial charge in [-0.3, -0.25) is 9.59 Å². The highest BCUT2D eigenvalue weighted by molar-refractivity contribution is 6.01. The number of benzene rings is 1. The summed E-state index contributed by atoms with van der Waals surface area (Å²) in [5, 5.41) is 3.53. The Morgan fingerprint density at radius 3 is 2.62 bits per heavy atom. The number of methoxy groups -OCH3 is 2. The summed E-state index contributed by atoms with van der Waals surface area (Å²) in [5.41, 5.74) is 9.60. The fraction of sp³-hybridized carbons (Fsp3) is 0.529. The van der Waals surface area contributed by atoms with Crippen LogP contribution in [0.1, 0.15) is 24.3 Å². The van der Waals surface area contributed by atoms with Crippen LogP contribution in [0.4, 0.5) is 0 Å². The molecule has 2 unspecified atom stereocenters. The van der Waals surface area contributed by atoms with E-state index in [0.717, 1.165) is 5.56 Å². The third-order valence-electron chi connectivity index (χ3n) is 4.60. The van der Waals surface area contributed by atoms with E-state index in [-0.39, 0.29) is 18.2 Å². The van der Waals surface area contributed by atoms with Crippen LogP contribution in [-0.4, -0.2) is 38.6 Å². The zero-order valence-electron chi connectivity index (χ0n) is 13.8. The van der Waals surface area contributed by atoms with Gasteiger partial charge in [-0.1, -0.05) is 35.4 Å². The van der Waals surface area contributed by atoms with Crippen LogP contribution in [0, 0.1) is 11.8 Å². The second-order valence-electron chi connectivity index (χ2n) is 5.85. The fourth-order valence-electron chi connectivity index (χ4n) is 3.35. The Kier molecular flexibility index (Phi) is 6.35. The minimum absolute atomic E-state index is 0.0433. The van der Waals surface area contributed by atoms with Crippen molar-refractivity contribution >= 4 is 11.8 Å². The van der Waals surface area contributed by atoms with Crippen LogP contribution in [0.25, 0.3) is 10.4 Å². The highest BCUT2D eigenvalue weighted by Crippen LogP contribution is 2.39. The van der Waals surface area contributed by atoms with E-state index in [1.807, 2.05) is 30.3 Å². The van der Waals surface area contributed by atoms with Gasteiger partial charge >= 0.3 is 5.97 Å². The van der Waals surface area contributed by atoms with Gasteiger partial charge in [0, 0.05) is 17.9 Å². The number of rotatable bonds is 6. The Hall–Kier alpha value is -2.37. The minimum atomic E-state index is -0.817. The van der Waals surface area contributed by atoms with Crippen molar-refractivity contribution in [3.8, 4) is 0 Å². The number of nitrogens with zero attached hydrogens (tertiary/aromatic N) is 3. The number of ether oxygens (including phenoxy) is 2. The van der Waals surface area contributed by atoms with Gasteiger partial charge in [-0.2, -0.15) is 0 Å². The monoisotopic (exact) mass is 331 g/mol. The number of Topliss-reactive ketones (excluding diaryl/α,β-unsaturated/α-hetero) is 1. The van der Waals surface area contributed by atoms with Crippen molar-refractivity contribution in [3.63, 3.8) is 0 Å². The average Bonchev–Trinajstić information content (AvgIpc) is 2.63. The van der Waals surface area contributed by atoms with Crippen LogP contribution >= 0.6 is 0 Å². The van der Waals surface area contributed by atoms with E-state index >= 15 is 0 Å². The highest BCUT2D eigenvalue weighted by atomic mass is 16.5. The molecule has 0 heterocycles. The maximum absolute atomic E-state index is 12.8. The summed E-state index contributed by atoms with van der Waals surface area (Å²) in [6.07, 6.45) is 0.423. The van der Waals surface area contributed by atoms with Crippen LogP contribution in [-0.2, 0) is 19.1 Å². The number of hydrogen-bond donors (Lipinski definition) is 0. The fourth-order valence-corrected chi connectivity index (χ4v) is 3.35. The van der Waals surface area contributed by atoms with E-state index in [9.17, 15) is 9.59 Å². The summed E-state index contributed by atoms with van der Waals surface area (Å²) in [4.78, 5) is 27.5. The molecule has 7 heteroatoms. The van der Waals surface area contributed by atoms with E-state index in [2.05, 4.69) is 10.0 Å². The van der Waals surface area contributed by atoms with Gasteiger partial charge in [0.15, 0.2) is 5.78 Å². The molecular weight excluding hydrogens is 310 g/mol. The molecule has 24 heavy (non-hydrogen) atoms. The van der Waals surface area contributed by atoms with Gasteiger partial charge in [-0.15, -0.1) is 0 Å². The minimum Gasteiger partial charge on any atom is -0.468 e. The first-order chi connectivity index (χ1) is 11.6. The van der Waals surface area contributed by atoms with Crippen molar-refractivity contribution in [3.05, 3.63) is 46.3 Å². The third kappa shape index (κ3) is 3.93. The molecule has 1 aliphatic carbocycles. The molecule has 128 valence electrons. The summed E-state index contributed by atoms with van der Waals surface area (Å²) in [6.45, 7) is 0.0544. The predicted molar refractivity (Wildman–Crippen MR) is 87.2 cm³/mol. The molecular formula is C17H21N3O4. The van der Waals surface area contributed by atoms with E-state index < -0.39 is 23.9 Å². The lowest BCUT2D eigenvalue weighted by Crippen LogP contribution is -2.44. The Morgan fingerprint density at radius 1 is 1.33 bits per heavy atom. The second kappa shape index (κ2) is 8.47. The summed E-state index contributed by atoms with van der Waals surface area (Å²) >= 11 is 0. The molecule has 0 N–H and O–H groups in total. The molecule has 1 saturated carbocycles. The second-order valence-corrected chi connectivity index (χ2v) is 5.85. The molecule has 0 spiro atoms. The lowest BCUT2D eigenvalue weighted by molar-refractivity contribution is -0.154. The summed E-state index contributed by atoms with van der Waals surface area (Å²) < 4.78 is 10.2. The zero-order valence-corrected chi connectivity index (χ0v) is 13.8. The summed E-state index contributed by atoms with van der Waals surface area (Å²) in [7, 11) is 2.76. The van der Waals surface area contributed by atoms with E-state index in [1.165, 1.54) is 14.2 Å². The van der Waals surface area contributed by atoms with Gasteiger partial charge in [-0.05, 0) is 29.9 Å². The highest BCUT2D eigenvalue weighted by Gasteiger charge is 2.44. The molecule has 1 aromatic rings. The number of ketones is 1. The van der Waals surface area contributed by atoms with E-state index in [0.29, 0.717) is 12.8 Å². The summed E-state index contributed by atoms with van der Waals surface area (Å²) in [5.74, 6) is -2.01. The van der Waals surface area contributed by atoms with Crippen molar-refractivity contribution < 1.29 is 19.1 Å². The Labute approximate surface area is 140 Å². The van der Waals surface area contributed by atoms with Gasteiger partial charge < -0.3 is 9.47 Å². The smallest absolute Gasteiger partial charge is 0.316 e. The molecule has 1 aromatic carbocycles. The van der Waals surface area contributed by atoms with Crippen molar-refractivity contribution in [2.45, 2.75) is 24.9 Å². The molecule has 0 aromatic heterocycles. The molecule has 0 bridgehead atoms. The van der Waals surface area contributed by atoms with Crippen molar-refractivity contribution in [1.29, 1.82) is 0 Å². The standard InChI is InChI=1S/C17H21N3O4/c1-23-15(10-19-20-18)13-8-12(11-6-4-3-5-7-11)9-14(16(13)21)17(22)24-2/h3-7,12-15H,8-10H2,1-2H3/t12?,13-,14?,15+/m1/s1. The van der Waals surface area contributed by atoms with Crippen LogP contribution in [0.3, 0.4) is 0 Å². The van der Waals surface area contributed by atoms with Crippen LogP contribution < -0.4 is 0 Å². The largest absolute Gasteiger partial charge is 0.468 e. The first-order valence-corrected chi connectivity index (χ1v) is 7.82. The average molecular weight is 331 g/mol. The molecule has 0 radical (unpaired) electrons. The molecule has 7 nitrogen and oxygen atoms in total. The number of hydrogen-bond acceptors (Lipinski definition) is 5. The van der Waals surface area contributed by atoms with E-state index in [4.69, 9.17) is 15.0 Å².